The van der Waals surface area contributed by atoms with E-state index >= 15 is 0 Å². The van der Waals surface area contributed by atoms with Gasteiger partial charge >= 0.3 is 0 Å². The lowest BCUT2D eigenvalue weighted by Crippen LogP contribution is -2.31. The van der Waals surface area contributed by atoms with E-state index in [2.05, 4.69) is 19.9 Å². The van der Waals surface area contributed by atoms with Gasteiger partial charge in [-0.2, -0.15) is 0 Å². The molecule has 7 nitrogen and oxygen atoms in total. The van der Waals surface area contributed by atoms with Gasteiger partial charge in [0.2, 0.25) is 0 Å². The number of pyridine rings is 1. The van der Waals surface area contributed by atoms with Crippen LogP contribution >= 0.6 is 22.9 Å². The van der Waals surface area contributed by atoms with Crippen LogP contribution in [0, 0.1) is 13.8 Å². The number of likely N-dealkylation sites (tertiary alicyclic amines) is 1. The van der Waals surface area contributed by atoms with Gasteiger partial charge in [-0.3, -0.25) is 4.79 Å². The van der Waals surface area contributed by atoms with Crippen molar-refractivity contribution in [2.45, 2.75) is 32.7 Å². The topological polar surface area (TPSA) is 83.9 Å². The summed E-state index contributed by atoms with van der Waals surface area (Å²) < 4.78 is 3.89. The Morgan fingerprint density at radius 1 is 1.35 bits per heavy atom. The number of carbonyl (C=O) groups is 1. The fourth-order valence-electron chi connectivity index (χ4n) is 3.10. The molecule has 3 aromatic rings. The number of amides is 1. The fourth-order valence-corrected chi connectivity index (χ4v) is 4.39. The average Bonchev–Trinajstić information content (AvgIpc) is 3.36. The Morgan fingerprint density at radius 3 is 2.96 bits per heavy atom. The molecule has 0 saturated carbocycles. The molecule has 0 aliphatic carbocycles. The van der Waals surface area contributed by atoms with Crippen LogP contribution in [0.4, 0.5) is 10.9 Å². The molecular formula is C17H18N6OS2. The molecule has 0 spiro atoms. The first-order valence-electron chi connectivity index (χ1n) is 8.38. The molecule has 1 N–H and O–H groups in total. The summed E-state index contributed by atoms with van der Waals surface area (Å²) in [5.74, 6) is 0.738. The molecule has 1 saturated heterocycles. The van der Waals surface area contributed by atoms with Crippen molar-refractivity contribution in [2.24, 2.45) is 0 Å². The predicted molar refractivity (Wildman–Crippen MR) is 102 cm³/mol. The van der Waals surface area contributed by atoms with Gasteiger partial charge in [-0.1, -0.05) is 10.6 Å². The molecule has 0 aromatic carbocycles. The van der Waals surface area contributed by atoms with Crippen molar-refractivity contribution in [2.75, 3.05) is 11.9 Å². The number of carbonyl (C=O) groups excluding carboxylic acids is 1. The molecule has 1 aliphatic heterocycles. The number of hydrogen-bond acceptors (Lipinski definition) is 8. The summed E-state index contributed by atoms with van der Waals surface area (Å²) in [6.07, 6.45) is 3.70. The Hall–Kier alpha value is -2.39. The van der Waals surface area contributed by atoms with E-state index in [-0.39, 0.29) is 11.9 Å². The van der Waals surface area contributed by atoms with Gasteiger partial charge in [-0.15, -0.1) is 16.4 Å². The second-order valence-corrected chi connectivity index (χ2v) is 8.18. The second-order valence-electron chi connectivity index (χ2n) is 6.19. The molecule has 9 heteroatoms. The Bertz CT molecular complexity index is 937. The molecule has 26 heavy (non-hydrogen) atoms. The van der Waals surface area contributed by atoms with Crippen LogP contribution in [-0.4, -0.2) is 36.9 Å². The maximum absolute atomic E-state index is 12.9. The molecule has 1 amide bonds. The van der Waals surface area contributed by atoms with Crippen molar-refractivity contribution in [1.82, 2.24) is 24.5 Å². The zero-order valence-electron chi connectivity index (χ0n) is 14.5. The average molecular weight is 387 g/mol. The monoisotopic (exact) mass is 386 g/mol. The number of nitrogens with one attached hydrogen (secondary N) is 1. The first-order valence-corrected chi connectivity index (χ1v) is 9.97. The lowest BCUT2D eigenvalue weighted by molar-refractivity contribution is 0.0737. The second kappa shape index (κ2) is 7.08. The van der Waals surface area contributed by atoms with E-state index in [1.165, 1.54) is 0 Å². The van der Waals surface area contributed by atoms with Crippen LogP contribution in [0.5, 0.6) is 0 Å². The number of nitrogens with zero attached hydrogens (tertiary/aromatic N) is 5. The van der Waals surface area contributed by atoms with Gasteiger partial charge in [-0.05, 0) is 50.4 Å². The van der Waals surface area contributed by atoms with Crippen LogP contribution < -0.4 is 5.32 Å². The van der Waals surface area contributed by atoms with E-state index < -0.39 is 0 Å². The summed E-state index contributed by atoms with van der Waals surface area (Å²) >= 11 is 2.74. The molecule has 1 aliphatic rings. The third-order valence-corrected chi connectivity index (χ3v) is 5.97. The molecule has 0 bridgehead atoms. The van der Waals surface area contributed by atoms with E-state index in [0.717, 1.165) is 52.4 Å². The van der Waals surface area contributed by atoms with Crippen LogP contribution in [0.15, 0.2) is 24.4 Å². The number of rotatable bonds is 4. The minimum atomic E-state index is -0.0243. The van der Waals surface area contributed by atoms with Crippen LogP contribution in [-0.2, 0) is 0 Å². The number of aromatic nitrogens is 4. The molecule has 4 rings (SSSR count). The highest BCUT2D eigenvalue weighted by molar-refractivity contribution is 7.15. The first kappa shape index (κ1) is 17.0. The summed E-state index contributed by atoms with van der Waals surface area (Å²) in [7, 11) is 0. The van der Waals surface area contributed by atoms with Crippen molar-refractivity contribution in [3.63, 3.8) is 0 Å². The van der Waals surface area contributed by atoms with E-state index in [1.807, 2.05) is 43.1 Å². The van der Waals surface area contributed by atoms with Crippen molar-refractivity contribution in [3.05, 3.63) is 45.5 Å². The molecule has 1 atom stereocenters. The highest BCUT2D eigenvalue weighted by Crippen LogP contribution is 2.33. The third-order valence-electron chi connectivity index (χ3n) is 4.33. The summed E-state index contributed by atoms with van der Waals surface area (Å²) in [6.45, 7) is 4.57. The minimum Gasteiger partial charge on any atom is -0.329 e. The maximum Gasteiger partial charge on any atom is 0.268 e. The van der Waals surface area contributed by atoms with Gasteiger partial charge in [0.05, 0.1) is 17.4 Å². The summed E-state index contributed by atoms with van der Waals surface area (Å²) in [4.78, 5) is 25.6. The third kappa shape index (κ3) is 3.32. The van der Waals surface area contributed by atoms with E-state index in [0.29, 0.717) is 10.6 Å². The van der Waals surface area contributed by atoms with Crippen molar-refractivity contribution < 1.29 is 4.79 Å². The van der Waals surface area contributed by atoms with Gasteiger partial charge in [-0.25, -0.2) is 9.97 Å². The standard InChI is InChI=1S/C17H18N6OS2/c1-10-9-18-17(25-10)20-14-7-3-5-12(19-14)13-6-4-8-23(13)16(24)15-11(2)21-22-26-15/h3,5,7,9,13H,4,6,8H2,1-2H3,(H,18,19,20). The highest BCUT2D eigenvalue weighted by atomic mass is 32.1. The lowest BCUT2D eigenvalue weighted by atomic mass is 10.1. The van der Waals surface area contributed by atoms with E-state index in [1.54, 1.807) is 11.3 Å². The summed E-state index contributed by atoms with van der Waals surface area (Å²) in [5.41, 5.74) is 1.58. The molecule has 3 aromatic heterocycles. The van der Waals surface area contributed by atoms with Gasteiger partial charge < -0.3 is 10.2 Å². The van der Waals surface area contributed by atoms with Gasteiger partial charge in [0.15, 0.2) is 5.13 Å². The Kier molecular flexibility index (Phi) is 4.64. The fraction of sp³-hybridized carbons (Fsp3) is 0.353. The smallest absolute Gasteiger partial charge is 0.268 e. The number of aryl methyl sites for hydroxylation is 2. The van der Waals surface area contributed by atoms with Crippen LogP contribution in [0.1, 0.15) is 44.8 Å². The molecule has 134 valence electrons. The molecular weight excluding hydrogens is 368 g/mol. The minimum absolute atomic E-state index is 0.00397. The maximum atomic E-state index is 12.9. The van der Waals surface area contributed by atoms with Crippen LogP contribution in [0.3, 0.4) is 0 Å². The van der Waals surface area contributed by atoms with Crippen LogP contribution in [0.2, 0.25) is 0 Å². The van der Waals surface area contributed by atoms with Gasteiger partial charge in [0, 0.05) is 17.6 Å². The summed E-state index contributed by atoms with van der Waals surface area (Å²) in [5, 5.41) is 8.02. The Balaban J connectivity index is 1.57. The lowest BCUT2D eigenvalue weighted by Gasteiger charge is -2.24. The van der Waals surface area contributed by atoms with Crippen LogP contribution in [0.25, 0.3) is 0 Å². The van der Waals surface area contributed by atoms with Crippen molar-refractivity contribution >= 4 is 39.7 Å². The molecule has 1 unspecified atom stereocenters. The number of hydrogen-bond donors (Lipinski definition) is 1. The molecule has 0 radical (unpaired) electrons. The number of thiazole rings is 1. The quantitative estimate of drug-likeness (QED) is 0.735. The van der Waals surface area contributed by atoms with E-state index in [4.69, 9.17) is 4.98 Å². The van der Waals surface area contributed by atoms with Crippen molar-refractivity contribution in [1.29, 1.82) is 0 Å². The number of anilines is 2. The normalized spacial score (nSPS) is 16.8. The first-order chi connectivity index (χ1) is 12.6. The molecule has 1 fully saturated rings. The zero-order valence-corrected chi connectivity index (χ0v) is 16.1. The largest absolute Gasteiger partial charge is 0.329 e. The van der Waals surface area contributed by atoms with Crippen molar-refractivity contribution in [3.8, 4) is 0 Å². The van der Waals surface area contributed by atoms with Gasteiger partial charge in [0.1, 0.15) is 10.7 Å². The highest BCUT2D eigenvalue weighted by Gasteiger charge is 2.33. The van der Waals surface area contributed by atoms with Gasteiger partial charge in [0.25, 0.3) is 5.91 Å². The molecule has 4 heterocycles. The Labute approximate surface area is 159 Å². The van der Waals surface area contributed by atoms with E-state index in [9.17, 15) is 4.79 Å². The Morgan fingerprint density at radius 2 is 2.23 bits per heavy atom. The SMILES string of the molecule is Cc1cnc(Nc2cccc(C3CCCN3C(=O)c3snnc3C)n2)s1. The summed E-state index contributed by atoms with van der Waals surface area (Å²) in [6, 6.07) is 5.83. The predicted octanol–water partition coefficient (Wildman–Crippen LogP) is 3.73. The zero-order chi connectivity index (χ0) is 18.1.